The summed E-state index contributed by atoms with van der Waals surface area (Å²) in [5, 5.41) is 3.75. The second-order valence-electron chi connectivity index (χ2n) is 5.45. The molecular weight excluding hydrogens is 302 g/mol. The first-order valence-electron chi connectivity index (χ1n) is 7.25. The highest BCUT2D eigenvalue weighted by molar-refractivity contribution is 9.10. The lowest BCUT2D eigenvalue weighted by Gasteiger charge is -2.35. The summed E-state index contributed by atoms with van der Waals surface area (Å²) in [7, 11) is 0. The average molecular weight is 326 g/mol. The number of rotatable bonds is 4. The summed E-state index contributed by atoms with van der Waals surface area (Å²) in [6.45, 7) is 8.95. The minimum atomic E-state index is 0.284. The van der Waals surface area contributed by atoms with Crippen LogP contribution in [-0.2, 0) is 6.54 Å². The molecule has 2 heterocycles. The van der Waals surface area contributed by atoms with Gasteiger partial charge in [-0.3, -0.25) is 9.88 Å². The van der Waals surface area contributed by atoms with Gasteiger partial charge in [-0.25, -0.2) is 0 Å². The van der Waals surface area contributed by atoms with Gasteiger partial charge in [0.2, 0.25) is 0 Å². The Bertz CT molecular complexity index is 387. The van der Waals surface area contributed by atoms with Gasteiger partial charge in [-0.15, -0.1) is 0 Å². The van der Waals surface area contributed by atoms with Gasteiger partial charge in [-0.2, -0.15) is 0 Å². The number of nitrogens with one attached hydrogen (secondary N) is 1. The Kier molecular flexibility index (Phi) is 5.37. The molecule has 4 heteroatoms. The standard InChI is InChI=1S/C15H24BrN3/c1-3-15(4-2)12-19(9-5-8-18-15)11-14-7-6-13(16)10-17-14/h6-7,10,18H,3-5,8-9,11-12H2,1-2H3. The minimum Gasteiger partial charge on any atom is -0.310 e. The highest BCUT2D eigenvalue weighted by Gasteiger charge is 2.30. The molecule has 1 aromatic rings. The van der Waals surface area contributed by atoms with Crippen LogP contribution in [0.3, 0.4) is 0 Å². The number of halogens is 1. The van der Waals surface area contributed by atoms with Gasteiger partial charge in [0.25, 0.3) is 0 Å². The molecule has 0 bridgehead atoms. The van der Waals surface area contributed by atoms with Crippen LogP contribution in [0.4, 0.5) is 0 Å². The van der Waals surface area contributed by atoms with Gasteiger partial charge in [-0.05, 0) is 60.4 Å². The normalized spacial score (nSPS) is 20.2. The fourth-order valence-corrected chi connectivity index (χ4v) is 3.04. The molecule has 0 atom stereocenters. The summed E-state index contributed by atoms with van der Waals surface area (Å²) < 4.78 is 1.05. The maximum atomic E-state index is 4.49. The van der Waals surface area contributed by atoms with Crippen molar-refractivity contribution in [2.75, 3.05) is 19.6 Å². The van der Waals surface area contributed by atoms with E-state index in [1.807, 2.05) is 6.20 Å². The summed E-state index contributed by atoms with van der Waals surface area (Å²) in [6, 6.07) is 4.19. The summed E-state index contributed by atoms with van der Waals surface area (Å²) in [6.07, 6.45) is 5.48. The fraction of sp³-hybridized carbons (Fsp3) is 0.667. The molecule has 1 fully saturated rings. The molecule has 0 radical (unpaired) electrons. The van der Waals surface area contributed by atoms with Gasteiger partial charge in [0.15, 0.2) is 0 Å². The zero-order valence-electron chi connectivity index (χ0n) is 12.0. The lowest BCUT2D eigenvalue weighted by molar-refractivity contribution is 0.189. The van der Waals surface area contributed by atoms with Crippen molar-refractivity contribution < 1.29 is 0 Å². The van der Waals surface area contributed by atoms with E-state index in [0.29, 0.717) is 0 Å². The van der Waals surface area contributed by atoms with Crippen molar-refractivity contribution in [1.29, 1.82) is 0 Å². The third-order valence-corrected chi connectivity index (χ3v) is 4.67. The van der Waals surface area contributed by atoms with Crippen molar-refractivity contribution in [2.24, 2.45) is 0 Å². The van der Waals surface area contributed by atoms with Crippen molar-refractivity contribution in [3.05, 3.63) is 28.5 Å². The predicted molar refractivity (Wildman–Crippen MR) is 83.1 cm³/mol. The van der Waals surface area contributed by atoms with Crippen LogP contribution >= 0.6 is 15.9 Å². The van der Waals surface area contributed by atoms with E-state index in [0.717, 1.165) is 36.3 Å². The minimum absolute atomic E-state index is 0.284. The number of hydrogen-bond acceptors (Lipinski definition) is 3. The van der Waals surface area contributed by atoms with E-state index in [1.165, 1.54) is 19.3 Å². The van der Waals surface area contributed by atoms with Crippen LogP contribution in [0.5, 0.6) is 0 Å². The van der Waals surface area contributed by atoms with E-state index in [-0.39, 0.29) is 5.54 Å². The lowest BCUT2D eigenvalue weighted by atomic mass is 9.92. The van der Waals surface area contributed by atoms with Gasteiger partial charge in [0, 0.05) is 29.3 Å². The Balaban J connectivity index is 2.04. The van der Waals surface area contributed by atoms with E-state index in [4.69, 9.17) is 0 Å². The molecule has 1 aliphatic rings. The van der Waals surface area contributed by atoms with Crippen LogP contribution in [-0.4, -0.2) is 35.1 Å². The zero-order chi connectivity index (χ0) is 13.7. The zero-order valence-corrected chi connectivity index (χ0v) is 13.5. The van der Waals surface area contributed by atoms with Gasteiger partial charge in [-0.1, -0.05) is 13.8 Å². The van der Waals surface area contributed by atoms with Gasteiger partial charge < -0.3 is 5.32 Å². The molecule has 1 aromatic heterocycles. The van der Waals surface area contributed by atoms with Crippen LogP contribution in [0.1, 0.15) is 38.8 Å². The first kappa shape index (κ1) is 14.9. The first-order valence-corrected chi connectivity index (χ1v) is 8.04. The lowest BCUT2D eigenvalue weighted by Crippen LogP contribution is -2.50. The van der Waals surface area contributed by atoms with Crippen molar-refractivity contribution in [3.63, 3.8) is 0 Å². The average Bonchev–Trinajstić information content (AvgIpc) is 2.64. The van der Waals surface area contributed by atoms with Gasteiger partial charge in [0.05, 0.1) is 5.69 Å². The Morgan fingerprint density at radius 2 is 2.16 bits per heavy atom. The Morgan fingerprint density at radius 1 is 1.37 bits per heavy atom. The van der Waals surface area contributed by atoms with E-state index >= 15 is 0 Å². The summed E-state index contributed by atoms with van der Waals surface area (Å²) in [5.74, 6) is 0. The third-order valence-electron chi connectivity index (χ3n) is 4.21. The van der Waals surface area contributed by atoms with Crippen LogP contribution in [0, 0.1) is 0 Å². The Labute approximate surface area is 124 Å². The molecule has 0 aliphatic carbocycles. The van der Waals surface area contributed by atoms with Crippen LogP contribution in [0.15, 0.2) is 22.8 Å². The fourth-order valence-electron chi connectivity index (χ4n) is 2.81. The maximum absolute atomic E-state index is 4.49. The van der Waals surface area contributed by atoms with Crippen molar-refractivity contribution >= 4 is 15.9 Å². The van der Waals surface area contributed by atoms with Crippen LogP contribution in [0.25, 0.3) is 0 Å². The number of aromatic nitrogens is 1. The molecule has 0 saturated carbocycles. The summed E-state index contributed by atoms with van der Waals surface area (Å²) in [5.41, 5.74) is 1.44. The summed E-state index contributed by atoms with van der Waals surface area (Å²) in [4.78, 5) is 7.04. The summed E-state index contributed by atoms with van der Waals surface area (Å²) >= 11 is 3.44. The quantitative estimate of drug-likeness (QED) is 0.921. The van der Waals surface area contributed by atoms with Crippen LogP contribution < -0.4 is 5.32 Å². The molecule has 19 heavy (non-hydrogen) atoms. The van der Waals surface area contributed by atoms with Crippen molar-refractivity contribution in [3.8, 4) is 0 Å². The molecule has 2 rings (SSSR count). The second-order valence-corrected chi connectivity index (χ2v) is 6.36. The topological polar surface area (TPSA) is 28.2 Å². The van der Waals surface area contributed by atoms with Gasteiger partial charge in [0.1, 0.15) is 0 Å². The van der Waals surface area contributed by atoms with Crippen LogP contribution in [0.2, 0.25) is 0 Å². The SMILES string of the molecule is CCC1(CC)CN(Cc2ccc(Br)cn2)CCCN1. The maximum Gasteiger partial charge on any atom is 0.0544 e. The van der Waals surface area contributed by atoms with E-state index in [1.54, 1.807) is 0 Å². The highest BCUT2D eigenvalue weighted by atomic mass is 79.9. The molecule has 1 aliphatic heterocycles. The molecule has 0 spiro atoms. The van der Waals surface area contributed by atoms with E-state index < -0.39 is 0 Å². The number of pyridine rings is 1. The van der Waals surface area contributed by atoms with Crippen molar-refractivity contribution in [1.82, 2.24) is 15.2 Å². The van der Waals surface area contributed by atoms with E-state index in [2.05, 4.69) is 57.1 Å². The number of hydrogen-bond donors (Lipinski definition) is 1. The molecule has 1 saturated heterocycles. The third kappa shape index (κ3) is 4.01. The Morgan fingerprint density at radius 3 is 2.79 bits per heavy atom. The molecular formula is C15H24BrN3. The van der Waals surface area contributed by atoms with Gasteiger partial charge >= 0.3 is 0 Å². The van der Waals surface area contributed by atoms with E-state index in [9.17, 15) is 0 Å². The smallest absolute Gasteiger partial charge is 0.0544 e. The second kappa shape index (κ2) is 6.82. The largest absolute Gasteiger partial charge is 0.310 e. The monoisotopic (exact) mass is 325 g/mol. The molecule has 3 nitrogen and oxygen atoms in total. The number of nitrogens with zero attached hydrogens (tertiary/aromatic N) is 2. The predicted octanol–water partition coefficient (Wildman–Crippen LogP) is 3.20. The molecule has 0 aromatic carbocycles. The molecule has 0 amide bonds. The molecule has 1 N–H and O–H groups in total. The highest BCUT2D eigenvalue weighted by Crippen LogP contribution is 2.21. The molecule has 0 unspecified atom stereocenters. The first-order chi connectivity index (χ1) is 9.17. The Hall–Kier alpha value is -0.450. The molecule has 106 valence electrons. The van der Waals surface area contributed by atoms with Crippen molar-refractivity contribution in [2.45, 2.75) is 45.2 Å².